The Kier molecular flexibility index (Phi) is 3.92. The van der Waals surface area contributed by atoms with Gasteiger partial charge in [0.25, 0.3) is 0 Å². The summed E-state index contributed by atoms with van der Waals surface area (Å²) < 4.78 is 45.9. The largest absolute Gasteiger partial charge is 0.462 e. The van der Waals surface area contributed by atoms with Crippen molar-refractivity contribution in [3.63, 3.8) is 0 Å². The smallest absolute Gasteiger partial charge is 0.434 e. The second-order valence-corrected chi connectivity index (χ2v) is 4.78. The van der Waals surface area contributed by atoms with Gasteiger partial charge >= 0.3 is 12.1 Å². The van der Waals surface area contributed by atoms with Crippen molar-refractivity contribution < 1.29 is 22.7 Å². The predicted molar refractivity (Wildman–Crippen MR) is 77.6 cm³/mol. The summed E-state index contributed by atoms with van der Waals surface area (Å²) in [5.74, 6) is -1.08. The molecule has 0 amide bonds. The number of benzene rings is 1. The lowest BCUT2D eigenvalue weighted by molar-refractivity contribution is -0.143. The summed E-state index contributed by atoms with van der Waals surface area (Å²) in [6.45, 7) is 1.47. The lowest BCUT2D eigenvalue weighted by atomic mass is 10.2. The lowest BCUT2D eigenvalue weighted by Gasteiger charge is -2.13. The van der Waals surface area contributed by atoms with Crippen molar-refractivity contribution in [1.29, 1.82) is 0 Å². The Morgan fingerprint density at radius 2 is 2.00 bits per heavy atom. The molecule has 2 heterocycles. The van der Waals surface area contributed by atoms with Crippen LogP contribution in [0.5, 0.6) is 0 Å². The summed E-state index contributed by atoms with van der Waals surface area (Å²) in [6, 6.07) is 6.58. The molecule has 0 aliphatic carbocycles. The monoisotopic (exact) mass is 336 g/mol. The van der Waals surface area contributed by atoms with Crippen LogP contribution >= 0.6 is 0 Å². The zero-order chi connectivity index (χ0) is 17.3. The van der Waals surface area contributed by atoms with Crippen molar-refractivity contribution in [3.8, 4) is 5.69 Å². The van der Waals surface area contributed by atoms with E-state index < -0.39 is 23.4 Å². The van der Waals surface area contributed by atoms with Crippen LogP contribution in [0.15, 0.2) is 36.7 Å². The molecule has 0 radical (unpaired) electrons. The van der Waals surface area contributed by atoms with Crippen molar-refractivity contribution >= 4 is 16.9 Å². The van der Waals surface area contributed by atoms with E-state index in [0.29, 0.717) is 15.6 Å². The summed E-state index contributed by atoms with van der Waals surface area (Å²) in [7, 11) is 0. The van der Waals surface area contributed by atoms with E-state index in [0.717, 1.165) is 6.20 Å². The molecule has 124 valence electrons. The Hall–Kier alpha value is -2.97. The summed E-state index contributed by atoms with van der Waals surface area (Å²) in [5, 5.41) is 11.7. The molecule has 0 saturated carbocycles. The quantitative estimate of drug-likeness (QED) is 0.688. The maximum absolute atomic E-state index is 13.5. The van der Waals surface area contributed by atoms with Crippen molar-refractivity contribution in [3.05, 3.63) is 47.9 Å². The van der Waals surface area contributed by atoms with Crippen LogP contribution in [0.25, 0.3) is 16.6 Å². The molecule has 1 aromatic carbocycles. The van der Waals surface area contributed by atoms with Gasteiger partial charge in [0.05, 0.1) is 30.2 Å². The Balaban J connectivity index is 2.26. The molecule has 0 unspecified atom stereocenters. The lowest BCUT2D eigenvalue weighted by Crippen LogP contribution is -2.18. The van der Waals surface area contributed by atoms with E-state index in [4.69, 9.17) is 0 Å². The highest BCUT2D eigenvalue weighted by Crippen LogP contribution is 2.35. The zero-order valence-electron chi connectivity index (χ0n) is 12.4. The van der Waals surface area contributed by atoms with Gasteiger partial charge in [-0.25, -0.2) is 9.48 Å². The molecule has 0 aliphatic rings. The van der Waals surface area contributed by atoms with E-state index >= 15 is 0 Å². The maximum Gasteiger partial charge on any atom is 0.434 e. The first-order chi connectivity index (χ1) is 11.4. The number of nitrogens with zero attached hydrogens (tertiary/aromatic N) is 4. The Bertz CT molecular complexity index is 900. The zero-order valence-corrected chi connectivity index (χ0v) is 12.4. The van der Waals surface area contributed by atoms with Crippen LogP contribution in [0.3, 0.4) is 0 Å². The number of aromatic nitrogens is 4. The number of hydrogen-bond donors (Lipinski definition) is 0. The molecule has 0 saturated heterocycles. The molecule has 9 heteroatoms. The van der Waals surface area contributed by atoms with Crippen LogP contribution in [-0.2, 0) is 10.9 Å². The molecular formula is C15H11F3N4O2. The van der Waals surface area contributed by atoms with Crippen LogP contribution in [0.1, 0.15) is 23.0 Å². The third-order valence-corrected chi connectivity index (χ3v) is 3.29. The number of halogens is 3. The number of esters is 1. The SMILES string of the molecule is CCOC(=O)c1cnn(-c2cnnc3ccccc23)c1C(F)(F)F. The van der Waals surface area contributed by atoms with Gasteiger partial charge < -0.3 is 4.74 Å². The van der Waals surface area contributed by atoms with Crippen LogP contribution in [0.2, 0.25) is 0 Å². The normalized spacial score (nSPS) is 11.7. The summed E-state index contributed by atoms with van der Waals surface area (Å²) >= 11 is 0. The Labute approximate surface area is 133 Å². The van der Waals surface area contributed by atoms with Crippen molar-refractivity contribution in [1.82, 2.24) is 20.0 Å². The number of carbonyl (C=O) groups excluding carboxylic acids is 1. The second kappa shape index (κ2) is 5.91. The minimum atomic E-state index is -4.80. The molecule has 24 heavy (non-hydrogen) atoms. The Morgan fingerprint density at radius 3 is 2.71 bits per heavy atom. The highest BCUT2D eigenvalue weighted by molar-refractivity contribution is 5.92. The molecule has 0 spiro atoms. The first-order valence-electron chi connectivity index (χ1n) is 6.96. The summed E-state index contributed by atoms with van der Waals surface area (Å²) in [6.07, 6.45) is -2.79. The highest BCUT2D eigenvalue weighted by atomic mass is 19.4. The van der Waals surface area contributed by atoms with Gasteiger partial charge in [-0.3, -0.25) is 0 Å². The van der Waals surface area contributed by atoms with Gasteiger partial charge in [-0.1, -0.05) is 18.2 Å². The number of fused-ring (bicyclic) bond motifs is 1. The highest BCUT2D eigenvalue weighted by Gasteiger charge is 2.41. The van der Waals surface area contributed by atoms with E-state index in [1.807, 2.05) is 0 Å². The van der Waals surface area contributed by atoms with Crippen molar-refractivity contribution in [2.45, 2.75) is 13.1 Å². The van der Waals surface area contributed by atoms with E-state index in [1.54, 1.807) is 24.3 Å². The van der Waals surface area contributed by atoms with Crippen LogP contribution in [-0.4, -0.2) is 32.6 Å². The average molecular weight is 336 g/mol. The molecule has 0 atom stereocenters. The number of ether oxygens (including phenoxy) is 1. The fourth-order valence-corrected chi connectivity index (χ4v) is 2.32. The summed E-state index contributed by atoms with van der Waals surface area (Å²) in [5.41, 5.74) is -1.37. The number of hydrogen-bond acceptors (Lipinski definition) is 5. The molecule has 6 nitrogen and oxygen atoms in total. The first kappa shape index (κ1) is 15.9. The van der Waals surface area contributed by atoms with Crippen molar-refractivity contribution in [2.24, 2.45) is 0 Å². The minimum absolute atomic E-state index is 0.0406. The van der Waals surface area contributed by atoms with E-state index in [1.165, 1.54) is 13.1 Å². The minimum Gasteiger partial charge on any atom is -0.462 e. The molecular weight excluding hydrogens is 325 g/mol. The number of rotatable bonds is 3. The van der Waals surface area contributed by atoms with Crippen LogP contribution in [0.4, 0.5) is 13.2 Å². The molecule has 0 N–H and O–H groups in total. The number of carbonyl (C=O) groups is 1. The van der Waals surface area contributed by atoms with Crippen LogP contribution in [0, 0.1) is 0 Å². The van der Waals surface area contributed by atoms with Gasteiger partial charge in [-0.15, -0.1) is 0 Å². The fraction of sp³-hybridized carbons (Fsp3) is 0.200. The molecule has 0 fully saturated rings. The maximum atomic E-state index is 13.5. The first-order valence-corrected chi connectivity index (χ1v) is 6.96. The molecule has 0 bridgehead atoms. The van der Waals surface area contributed by atoms with Gasteiger partial charge in [0.1, 0.15) is 5.56 Å². The molecule has 0 aliphatic heterocycles. The molecule has 3 rings (SSSR count). The van der Waals surface area contributed by atoms with Gasteiger partial charge in [0.15, 0.2) is 5.69 Å². The fourth-order valence-electron chi connectivity index (χ4n) is 2.32. The van der Waals surface area contributed by atoms with E-state index in [9.17, 15) is 18.0 Å². The number of alkyl halides is 3. The molecule has 2 aromatic heterocycles. The Morgan fingerprint density at radius 1 is 1.25 bits per heavy atom. The summed E-state index contributed by atoms with van der Waals surface area (Å²) in [4.78, 5) is 11.8. The average Bonchev–Trinajstić information content (AvgIpc) is 3.00. The predicted octanol–water partition coefficient (Wildman–Crippen LogP) is 3.01. The van der Waals surface area contributed by atoms with Gasteiger partial charge in [-0.2, -0.15) is 28.5 Å². The van der Waals surface area contributed by atoms with Gasteiger partial charge in [0, 0.05) is 5.39 Å². The van der Waals surface area contributed by atoms with Crippen LogP contribution < -0.4 is 0 Å². The molecule has 3 aromatic rings. The van der Waals surface area contributed by atoms with E-state index in [-0.39, 0.29) is 12.3 Å². The van der Waals surface area contributed by atoms with Gasteiger partial charge in [-0.05, 0) is 13.0 Å². The third kappa shape index (κ3) is 2.68. The van der Waals surface area contributed by atoms with Gasteiger partial charge in [0.2, 0.25) is 0 Å². The topological polar surface area (TPSA) is 69.9 Å². The van der Waals surface area contributed by atoms with Crippen molar-refractivity contribution in [2.75, 3.05) is 6.61 Å². The standard InChI is InChI=1S/C15H11F3N4O2/c1-2-24-14(23)10-7-20-22(13(10)15(16,17)18)12-8-19-21-11-6-4-3-5-9(11)12/h3-8H,2H2,1H3. The second-order valence-electron chi connectivity index (χ2n) is 4.78. The van der Waals surface area contributed by atoms with E-state index in [2.05, 4.69) is 20.0 Å². The third-order valence-electron chi connectivity index (χ3n) is 3.29.